The molecule has 11 heavy (non-hydrogen) atoms. The van der Waals surface area contributed by atoms with E-state index in [0.29, 0.717) is 26.1 Å². The Balaban J connectivity index is 2.79. The molecule has 0 aromatic carbocycles. The summed E-state index contributed by atoms with van der Waals surface area (Å²) in [5, 5.41) is 0. The molecular weight excluding hydrogens is 144 g/mol. The van der Waals surface area contributed by atoms with E-state index in [2.05, 4.69) is 0 Å². The first-order valence-corrected chi connectivity index (χ1v) is 3.87. The molecule has 0 spiro atoms. The molecular formula is C8H14O3. The van der Waals surface area contributed by atoms with Crippen LogP contribution in [-0.2, 0) is 14.3 Å². The second kappa shape index (κ2) is 9.30. The standard InChI is InChI=1S/C8H14O3/c9-5-1-3-7-11-8-4-2-6-10/h5-6H,1-4,7-8H2. The molecule has 3 heteroatoms. The molecule has 0 aromatic heterocycles. The summed E-state index contributed by atoms with van der Waals surface area (Å²) in [7, 11) is 0. The highest BCUT2D eigenvalue weighted by atomic mass is 16.5. The zero-order valence-electron chi connectivity index (χ0n) is 6.62. The van der Waals surface area contributed by atoms with Crippen LogP contribution in [0, 0.1) is 0 Å². The van der Waals surface area contributed by atoms with Crippen molar-refractivity contribution < 1.29 is 14.3 Å². The van der Waals surface area contributed by atoms with Gasteiger partial charge < -0.3 is 14.3 Å². The van der Waals surface area contributed by atoms with E-state index >= 15 is 0 Å². The molecule has 0 fully saturated rings. The van der Waals surface area contributed by atoms with Crippen LogP contribution in [0.5, 0.6) is 0 Å². The molecule has 0 rings (SSSR count). The third-order valence-electron chi connectivity index (χ3n) is 1.22. The Morgan fingerprint density at radius 3 is 1.73 bits per heavy atom. The molecule has 0 saturated heterocycles. The summed E-state index contributed by atoms with van der Waals surface area (Å²) in [6.45, 7) is 1.25. The molecule has 0 saturated carbocycles. The van der Waals surface area contributed by atoms with Crippen molar-refractivity contribution in [2.24, 2.45) is 0 Å². The van der Waals surface area contributed by atoms with Crippen molar-refractivity contribution in [1.82, 2.24) is 0 Å². The lowest BCUT2D eigenvalue weighted by Crippen LogP contribution is -1.97. The van der Waals surface area contributed by atoms with Crippen molar-refractivity contribution >= 4 is 12.6 Å². The number of aldehydes is 2. The molecule has 0 bridgehead atoms. The lowest BCUT2D eigenvalue weighted by Gasteiger charge is -1.99. The Morgan fingerprint density at radius 1 is 0.909 bits per heavy atom. The van der Waals surface area contributed by atoms with Gasteiger partial charge in [-0.25, -0.2) is 0 Å². The quantitative estimate of drug-likeness (QED) is 0.390. The molecule has 0 radical (unpaired) electrons. The van der Waals surface area contributed by atoms with Crippen LogP contribution in [-0.4, -0.2) is 25.8 Å². The molecule has 0 N–H and O–H groups in total. The van der Waals surface area contributed by atoms with E-state index in [1.807, 2.05) is 0 Å². The summed E-state index contributed by atoms with van der Waals surface area (Å²) in [5.74, 6) is 0. The fourth-order valence-corrected chi connectivity index (χ4v) is 0.640. The molecule has 3 nitrogen and oxygen atoms in total. The van der Waals surface area contributed by atoms with Crippen molar-refractivity contribution in [3.63, 3.8) is 0 Å². The maximum atomic E-state index is 9.84. The Labute approximate surface area is 66.7 Å². The van der Waals surface area contributed by atoms with Gasteiger partial charge in [-0.3, -0.25) is 0 Å². The second-order valence-electron chi connectivity index (χ2n) is 2.23. The maximum Gasteiger partial charge on any atom is 0.120 e. The fraction of sp³-hybridized carbons (Fsp3) is 0.750. The molecule has 0 atom stereocenters. The fourth-order valence-electron chi connectivity index (χ4n) is 0.640. The largest absolute Gasteiger partial charge is 0.381 e. The van der Waals surface area contributed by atoms with E-state index in [1.165, 1.54) is 0 Å². The van der Waals surface area contributed by atoms with Crippen molar-refractivity contribution in [2.75, 3.05) is 13.2 Å². The van der Waals surface area contributed by atoms with Crippen molar-refractivity contribution in [3.05, 3.63) is 0 Å². The summed E-state index contributed by atoms with van der Waals surface area (Å²) < 4.78 is 5.12. The Bertz CT molecular complexity index is 89.5. The molecule has 0 amide bonds. The first-order valence-electron chi connectivity index (χ1n) is 3.87. The number of carbonyl (C=O) groups is 2. The summed E-state index contributed by atoms with van der Waals surface area (Å²) >= 11 is 0. The van der Waals surface area contributed by atoms with Crippen LogP contribution >= 0.6 is 0 Å². The molecule has 0 unspecified atom stereocenters. The van der Waals surface area contributed by atoms with E-state index in [1.54, 1.807) is 0 Å². The van der Waals surface area contributed by atoms with Gasteiger partial charge in [0.2, 0.25) is 0 Å². The van der Waals surface area contributed by atoms with E-state index in [4.69, 9.17) is 4.74 Å². The van der Waals surface area contributed by atoms with E-state index in [9.17, 15) is 9.59 Å². The van der Waals surface area contributed by atoms with Gasteiger partial charge >= 0.3 is 0 Å². The maximum absolute atomic E-state index is 9.84. The van der Waals surface area contributed by atoms with Gasteiger partial charge in [-0.05, 0) is 12.8 Å². The Morgan fingerprint density at radius 2 is 1.36 bits per heavy atom. The van der Waals surface area contributed by atoms with Gasteiger partial charge in [0, 0.05) is 26.1 Å². The van der Waals surface area contributed by atoms with Gasteiger partial charge in [-0.2, -0.15) is 0 Å². The summed E-state index contributed by atoms with van der Waals surface area (Å²) in [6.07, 6.45) is 4.46. The minimum Gasteiger partial charge on any atom is -0.381 e. The van der Waals surface area contributed by atoms with Crippen LogP contribution < -0.4 is 0 Å². The van der Waals surface area contributed by atoms with Crippen LogP contribution in [0.3, 0.4) is 0 Å². The monoisotopic (exact) mass is 158 g/mol. The Kier molecular flexibility index (Phi) is 8.71. The van der Waals surface area contributed by atoms with Crippen LogP contribution in [0.25, 0.3) is 0 Å². The van der Waals surface area contributed by atoms with Gasteiger partial charge in [0.1, 0.15) is 12.6 Å². The van der Waals surface area contributed by atoms with Crippen LogP contribution in [0.4, 0.5) is 0 Å². The van der Waals surface area contributed by atoms with Gasteiger partial charge in [0.15, 0.2) is 0 Å². The SMILES string of the molecule is O=CCCCOCCCC=O. The third-order valence-corrected chi connectivity index (χ3v) is 1.22. The molecule has 64 valence electrons. The predicted octanol–water partition coefficient (Wildman–Crippen LogP) is 0.961. The molecule has 0 aliphatic rings. The highest BCUT2D eigenvalue weighted by Gasteiger charge is 1.88. The minimum atomic E-state index is 0.563. The van der Waals surface area contributed by atoms with Crippen LogP contribution in [0.1, 0.15) is 25.7 Å². The van der Waals surface area contributed by atoms with Crippen LogP contribution in [0.2, 0.25) is 0 Å². The first-order chi connectivity index (χ1) is 5.41. The lowest BCUT2D eigenvalue weighted by atomic mass is 10.3. The average molecular weight is 158 g/mol. The van der Waals surface area contributed by atoms with E-state index < -0.39 is 0 Å². The average Bonchev–Trinajstić information content (AvgIpc) is 2.03. The zero-order chi connectivity index (χ0) is 8.36. The summed E-state index contributed by atoms with van der Waals surface area (Å²) in [6, 6.07) is 0. The minimum absolute atomic E-state index is 0.563. The van der Waals surface area contributed by atoms with Crippen molar-refractivity contribution in [1.29, 1.82) is 0 Å². The van der Waals surface area contributed by atoms with E-state index in [-0.39, 0.29) is 0 Å². The normalized spacial score (nSPS) is 9.45. The molecule has 0 aliphatic heterocycles. The smallest absolute Gasteiger partial charge is 0.120 e. The lowest BCUT2D eigenvalue weighted by molar-refractivity contribution is -0.108. The summed E-state index contributed by atoms with van der Waals surface area (Å²) in [4.78, 5) is 19.7. The zero-order valence-corrected chi connectivity index (χ0v) is 6.62. The number of carbonyl (C=O) groups excluding carboxylic acids is 2. The molecule has 0 heterocycles. The molecule has 0 aromatic rings. The third kappa shape index (κ3) is 9.30. The number of hydrogen-bond acceptors (Lipinski definition) is 3. The first kappa shape index (κ1) is 10.3. The topological polar surface area (TPSA) is 43.4 Å². The number of unbranched alkanes of at least 4 members (excludes halogenated alkanes) is 2. The van der Waals surface area contributed by atoms with Crippen molar-refractivity contribution in [2.45, 2.75) is 25.7 Å². The second-order valence-corrected chi connectivity index (χ2v) is 2.23. The predicted molar refractivity (Wildman–Crippen MR) is 41.4 cm³/mol. The van der Waals surface area contributed by atoms with Crippen molar-refractivity contribution in [3.8, 4) is 0 Å². The summed E-state index contributed by atoms with van der Waals surface area (Å²) in [5.41, 5.74) is 0. The number of ether oxygens (including phenoxy) is 1. The van der Waals surface area contributed by atoms with Gasteiger partial charge in [-0.15, -0.1) is 0 Å². The van der Waals surface area contributed by atoms with Gasteiger partial charge in [0.25, 0.3) is 0 Å². The van der Waals surface area contributed by atoms with Gasteiger partial charge in [0.05, 0.1) is 0 Å². The Hall–Kier alpha value is -0.700. The number of hydrogen-bond donors (Lipinski definition) is 0. The molecule has 0 aliphatic carbocycles. The highest BCUT2D eigenvalue weighted by Crippen LogP contribution is 1.90. The number of rotatable bonds is 8. The highest BCUT2D eigenvalue weighted by molar-refractivity contribution is 5.49. The van der Waals surface area contributed by atoms with E-state index in [0.717, 1.165) is 25.4 Å². The van der Waals surface area contributed by atoms with Crippen LogP contribution in [0.15, 0.2) is 0 Å². The van der Waals surface area contributed by atoms with Gasteiger partial charge in [-0.1, -0.05) is 0 Å².